The minimum absolute atomic E-state index is 0.201. The van der Waals surface area contributed by atoms with Gasteiger partial charge >= 0.3 is 0 Å². The molecule has 1 atom stereocenters. The zero-order valence-corrected chi connectivity index (χ0v) is 13.0. The Kier molecular flexibility index (Phi) is 4.33. The molecule has 0 saturated carbocycles. The third-order valence-corrected chi connectivity index (χ3v) is 4.48. The predicted octanol–water partition coefficient (Wildman–Crippen LogP) is 4.74. The minimum atomic E-state index is -1.20. The van der Waals surface area contributed by atoms with E-state index in [4.69, 9.17) is 0 Å². The zero-order chi connectivity index (χ0) is 16.4. The Balaban J connectivity index is 1.76. The van der Waals surface area contributed by atoms with Crippen LogP contribution in [0.3, 0.4) is 0 Å². The van der Waals surface area contributed by atoms with E-state index in [1.807, 2.05) is 30.1 Å². The number of nitrogens with zero attached hydrogens (tertiary/aromatic N) is 1. The molecule has 0 saturated heterocycles. The molecule has 0 unspecified atom stereocenters. The van der Waals surface area contributed by atoms with Gasteiger partial charge in [0.25, 0.3) is 0 Å². The van der Waals surface area contributed by atoms with E-state index in [2.05, 4.69) is 18.2 Å². The van der Waals surface area contributed by atoms with Gasteiger partial charge in [-0.15, -0.1) is 0 Å². The first kappa shape index (κ1) is 15.5. The molecule has 2 aromatic rings. The second-order valence-corrected chi connectivity index (χ2v) is 5.90. The van der Waals surface area contributed by atoms with Crippen LogP contribution in [0.1, 0.15) is 24.8 Å². The highest BCUT2D eigenvalue weighted by molar-refractivity contribution is 5.66. The molecule has 3 rings (SSSR count). The highest BCUT2D eigenvalue weighted by atomic mass is 19.2. The SMILES string of the molecule is CN(c1cc(O)c(F)c(F)c1)[C@H]1CC=C(c2ccccc2)CC1. The molecule has 0 radical (unpaired) electrons. The number of hydrogen-bond donors (Lipinski definition) is 1. The van der Waals surface area contributed by atoms with Crippen molar-refractivity contribution in [2.75, 3.05) is 11.9 Å². The summed E-state index contributed by atoms with van der Waals surface area (Å²) in [5, 5.41) is 9.47. The van der Waals surface area contributed by atoms with E-state index in [9.17, 15) is 13.9 Å². The number of aromatic hydroxyl groups is 1. The lowest BCUT2D eigenvalue weighted by atomic mass is 9.90. The van der Waals surface area contributed by atoms with Crippen molar-refractivity contribution in [3.63, 3.8) is 0 Å². The third kappa shape index (κ3) is 3.21. The standard InChI is InChI=1S/C19H19F2NO/c1-22(16-11-17(20)19(21)18(23)12-16)15-9-7-14(8-10-15)13-5-3-2-4-6-13/h2-7,11-12,15,23H,8-10H2,1H3/t15-/m0/s1. The number of anilines is 1. The van der Waals surface area contributed by atoms with E-state index in [0.717, 1.165) is 25.3 Å². The van der Waals surface area contributed by atoms with Gasteiger partial charge in [-0.05, 0) is 30.4 Å². The number of halogens is 2. The molecule has 23 heavy (non-hydrogen) atoms. The first-order chi connectivity index (χ1) is 11.1. The summed E-state index contributed by atoms with van der Waals surface area (Å²) >= 11 is 0. The summed E-state index contributed by atoms with van der Waals surface area (Å²) in [7, 11) is 1.85. The molecule has 0 bridgehead atoms. The van der Waals surface area contributed by atoms with Crippen LogP contribution in [0.2, 0.25) is 0 Å². The highest BCUT2D eigenvalue weighted by Gasteiger charge is 2.21. The van der Waals surface area contributed by atoms with Crippen LogP contribution in [0.25, 0.3) is 5.57 Å². The van der Waals surface area contributed by atoms with Gasteiger partial charge in [-0.3, -0.25) is 0 Å². The van der Waals surface area contributed by atoms with Gasteiger partial charge in [-0.1, -0.05) is 36.4 Å². The average molecular weight is 315 g/mol. The quantitative estimate of drug-likeness (QED) is 0.884. The molecule has 120 valence electrons. The summed E-state index contributed by atoms with van der Waals surface area (Å²) in [6.07, 6.45) is 4.91. The van der Waals surface area contributed by atoms with Gasteiger partial charge < -0.3 is 10.0 Å². The smallest absolute Gasteiger partial charge is 0.200 e. The van der Waals surface area contributed by atoms with Crippen LogP contribution in [-0.4, -0.2) is 18.2 Å². The molecule has 2 nitrogen and oxygen atoms in total. The van der Waals surface area contributed by atoms with Crippen molar-refractivity contribution in [1.82, 2.24) is 0 Å². The van der Waals surface area contributed by atoms with Crippen molar-refractivity contribution < 1.29 is 13.9 Å². The largest absolute Gasteiger partial charge is 0.505 e. The van der Waals surface area contributed by atoms with Crippen molar-refractivity contribution in [3.8, 4) is 5.75 Å². The first-order valence-corrected chi connectivity index (χ1v) is 7.71. The van der Waals surface area contributed by atoms with Crippen molar-refractivity contribution >= 4 is 11.3 Å². The molecule has 0 fully saturated rings. The highest BCUT2D eigenvalue weighted by Crippen LogP contribution is 2.33. The molecule has 1 aliphatic carbocycles. The zero-order valence-electron chi connectivity index (χ0n) is 13.0. The molecular weight excluding hydrogens is 296 g/mol. The summed E-state index contributed by atoms with van der Waals surface area (Å²) in [6.45, 7) is 0. The predicted molar refractivity (Wildman–Crippen MR) is 88.5 cm³/mol. The maximum absolute atomic E-state index is 13.5. The van der Waals surface area contributed by atoms with Gasteiger partial charge in [-0.25, -0.2) is 4.39 Å². The number of phenols is 1. The van der Waals surface area contributed by atoms with Crippen LogP contribution in [0, 0.1) is 11.6 Å². The molecule has 2 aromatic carbocycles. The fraction of sp³-hybridized carbons (Fsp3) is 0.263. The number of allylic oxidation sites excluding steroid dienone is 1. The van der Waals surface area contributed by atoms with E-state index in [-0.39, 0.29) is 6.04 Å². The maximum Gasteiger partial charge on any atom is 0.200 e. The Morgan fingerprint density at radius 3 is 2.48 bits per heavy atom. The normalized spacial score (nSPS) is 17.7. The molecule has 0 aromatic heterocycles. The summed E-state index contributed by atoms with van der Waals surface area (Å²) in [6, 6.07) is 12.9. The number of rotatable bonds is 3. The van der Waals surface area contributed by atoms with Gasteiger partial charge in [-0.2, -0.15) is 4.39 Å². The van der Waals surface area contributed by atoms with Gasteiger partial charge in [0.05, 0.1) is 0 Å². The Morgan fingerprint density at radius 1 is 1.13 bits per heavy atom. The van der Waals surface area contributed by atoms with E-state index in [0.29, 0.717) is 5.69 Å². The fourth-order valence-electron chi connectivity index (χ4n) is 3.06. The molecule has 1 N–H and O–H groups in total. The molecule has 0 heterocycles. The molecular formula is C19H19F2NO. The monoisotopic (exact) mass is 315 g/mol. The van der Waals surface area contributed by atoms with Crippen molar-refractivity contribution in [3.05, 3.63) is 65.7 Å². The Bertz CT molecular complexity index is 704. The van der Waals surface area contributed by atoms with Crippen LogP contribution in [0.15, 0.2) is 48.5 Å². The fourth-order valence-corrected chi connectivity index (χ4v) is 3.06. The van der Waals surface area contributed by atoms with Gasteiger partial charge in [0.2, 0.25) is 0 Å². The van der Waals surface area contributed by atoms with Crippen LogP contribution in [-0.2, 0) is 0 Å². The van der Waals surface area contributed by atoms with Gasteiger partial charge in [0, 0.05) is 30.9 Å². The lowest BCUT2D eigenvalue weighted by molar-refractivity contribution is 0.406. The molecule has 4 heteroatoms. The summed E-state index contributed by atoms with van der Waals surface area (Å²) in [5.74, 6) is -2.87. The summed E-state index contributed by atoms with van der Waals surface area (Å²) < 4.78 is 26.7. The van der Waals surface area contributed by atoms with Crippen molar-refractivity contribution in [2.24, 2.45) is 0 Å². The van der Waals surface area contributed by atoms with Crippen LogP contribution in [0.4, 0.5) is 14.5 Å². The summed E-state index contributed by atoms with van der Waals surface area (Å²) in [5.41, 5.74) is 3.05. The van der Waals surface area contributed by atoms with Crippen LogP contribution in [0.5, 0.6) is 5.75 Å². The van der Waals surface area contributed by atoms with Gasteiger partial charge in [0.15, 0.2) is 17.4 Å². The lowest BCUT2D eigenvalue weighted by Gasteiger charge is -2.32. The van der Waals surface area contributed by atoms with Crippen molar-refractivity contribution in [1.29, 1.82) is 0 Å². The lowest BCUT2D eigenvalue weighted by Crippen LogP contribution is -2.32. The molecule has 0 spiro atoms. The van der Waals surface area contributed by atoms with Crippen molar-refractivity contribution in [2.45, 2.75) is 25.3 Å². The van der Waals surface area contributed by atoms with E-state index in [1.54, 1.807) is 0 Å². The Labute approximate surface area is 134 Å². The van der Waals surface area contributed by atoms with E-state index in [1.165, 1.54) is 17.2 Å². The second-order valence-electron chi connectivity index (χ2n) is 5.90. The van der Waals surface area contributed by atoms with E-state index >= 15 is 0 Å². The topological polar surface area (TPSA) is 23.5 Å². The Hall–Kier alpha value is -2.36. The number of benzene rings is 2. The van der Waals surface area contributed by atoms with Gasteiger partial charge in [0.1, 0.15) is 0 Å². The second kappa shape index (κ2) is 6.41. The van der Waals surface area contributed by atoms with E-state index < -0.39 is 17.4 Å². The van der Waals surface area contributed by atoms with Crippen LogP contribution < -0.4 is 4.90 Å². The minimum Gasteiger partial charge on any atom is -0.505 e. The summed E-state index contributed by atoms with van der Waals surface area (Å²) in [4.78, 5) is 1.90. The molecule has 0 amide bonds. The maximum atomic E-state index is 13.5. The van der Waals surface area contributed by atoms with Crippen LogP contribution >= 0.6 is 0 Å². The molecule has 1 aliphatic rings. The Morgan fingerprint density at radius 2 is 1.87 bits per heavy atom. The third-order valence-electron chi connectivity index (χ3n) is 4.48. The number of hydrogen-bond acceptors (Lipinski definition) is 2. The number of phenolic OH excluding ortho intramolecular Hbond substituents is 1. The molecule has 0 aliphatic heterocycles. The first-order valence-electron chi connectivity index (χ1n) is 7.71. The average Bonchev–Trinajstić information content (AvgIpc) is 2.59.